The lowest BCUT2D eigenvalue weighted by atomic mass is 9.78. The molecule has 0 radical (unpaired) electrons. The number of aliphatic hydroxyl groups is 2. The van der Waals surface area contributed by atoms with Crippen molar-refractivity contribution in [2.24, 2.45) is 5.92 Å². The van der Waals surface area contributed by atoms with Crippen molar-refractivity contribution in [2.75, 3.05) is 58.0 Å². The fourth-order valence-corrected chi connectivity index (χ4v) is 6.04. The third kappa shape index (κ3) is 4.84. The highest BCUT2D eigenvalue weighted by Gasteiger charge is 2.53. The summed E-state index contributed by atoms with van der Waals surface area (Å²) in [5.74, 6) is 1.89. The van der Waals surface area contributed by atoms with Gasteiger partial charge in [0.25, 0.3) is 0 Å². The zero-order valence-corrected chi connectivity index (χ0v) is 21.9. The summed E-state index contributed by atoms with van der Waals surface area (Å²) in [5, 5.41) is 22.0. The Morgan fingerprint density at radius 1 is 1.15 bits per heavy atom. The molecule has 1 amide bonds. The summed E-state index contributed by atoms with van der Waals surface area (Å²) in [5.41, 5.74) is 1.56. The number of carbonyl (C=O) groups excluding carboxylic acids is 1. The molecule has 3 atom stereocenters. The number of pyridine rings is 1. The van der Waals surface area contributed by atoms with Gasteiger partial charge in [-0.25, -0.2) is 4.79 Å². The highest BCUT2D eigenvalue weighted by molar-refractivity contribution is 5.91. The van der Waals surface area contributed by atoms with E-state index in [1.165, 1.54) is 0 Å². The highest BCUT2D eigenvalue weighted by atomic mass is 16.6. The van der Waals surface area contributed by atoms with Crippen LogP contribution in [0, 0.1) is 5.92 Å². The van der Waals surface area contributed by atoms with Crippen LogP contribution >= 0.6 is 0 Å². The Morgan fingerprint density at radius 3 is 2.82 bits per heavy atom. The molecule has 2 N–H and O–H groups in total. The first kappa shape index (κ1) is 25.7. The standard InChI is InChI=1S/C29H33N3O7/c1-36-21-3-4-24-23(15-21)22(6-9-30-24)25(34)17-31-10-8-29(19(16-31)7-11-33)18-32(28(35)39-29)20-2-5-26-27(14-20)38-13-12-37-26/h2-6,9,14-15,19,25,33-34H,7-8,10-13,16-18H2,1H3/t19-,25+,29-/m1/s1. The second-order valence-electron chi connectivity index (χ2n) is 10.4. The summed E-state index contributed by atoms with van der Waals surface area (Å²) in [4.78, 5) is 21.3. The van der Waals surface area contributed by atoms with Crippen molar-refractivity contribution in [1.82, 2.24) is 9.88 Å². The quantitative estimate of drug-likeness (QED) is 0.471. The van der Waals surface area contributed by atoms with Crippen molar-refractivity contribution in [1.29, 1.82) is 0 Å². The maximum Gasteiger partial charge on any atom is 0.415 e. The number of piperidine rings is 1. The molecule has 206 valence electrons. The topological polar surface area (TPSA) is 114 Å². The minimum atomic E-state index is -0.744. The van der Waals surface area contributed by atoms with Crippen LogP contribution in [0.3, 0.4) is 0 Å². The third-order valence-electron chi connectivity index (χ3n) is 8.10. The minimum absolute atomic E-state index is 0.0147. The fraction of sp³-hybridized carbons (Fsp3) is 0.448. The van der Waals surface area contributed by atoms with E-state index >= 15 is 0 Å². The summed E-state index contributed by atoms with van der Waals surface area (Å²) in [6.45, 7) is 2.99. The summed E-state index contributed by atoms with van der Waals surface area (Å²) in [6.07, 6.45) is 1.65. The fourth-order valence-electron chi connectivity index (χ4n) is 6.04. The van der Waals surface area contributed by atoms with Gasteiger partial charge in [0.15, 0.2) is 11.5 Å². The number of anilines is 1. The molecule has 6 rings (SSSR count). The highest BCUT2D eigenvalue weighted by Crippen LogP contribution is 2.43. The van der Waals surface area contributed by atoms with Crippen molar-refractivity contribution in [3.63, 3.8) is 0 Å². The van der Waals surface area contributed by atoms with Crippen LogP contribution in [0.4, 0.5) is 10.5 Å². The molecule has 3 aliphatic rings. The number of ether oxygens (including phenoxy) is 4. The first-order chi connectivity index (χ1) is 19.0. The Kier molecular flexibility index (Phi) is 6.92. The van der Waals surface area contributed by atoms with Gasteiger partial charge < -0.3 is 29.2 Å². The third-order valence-corrected chi connectivity index (χ3v) is 8.10. The SMILES string of the molecule is COc1ccc2nccc([C@@H](O)CN3CC[C@@]4(CN(c5ccc6c(c5)OCCO6)C(=O)O4)[C@H](CCO)C3)c2c1. The zero-order valence-electron chi connectivity index (χ0n) is 21.9. The number of amides is 1. The van der Waals surface area contributed by atoms with E-state index in [1.54, 1.807) is 18.2 Å². The summed E-state index contributed by atoms with van der Waals surface area (Å²) in [6, 6.07) is 12.9. The van der Waals surface area contributed by atoms with E-state index in [9.17, 15) is 15.0 Å². The molecule has 0 aliphatic carbocycles. The number of β-amino-alcohol motifs (C(OH)–C–C–N with tert-alkyl or cyclic N) is 1. The molecule has 1 aromatic heterocycles. The van der Waals surface area contributed by atoms with Crippen molar-refractivity contribution in [2.45, 2.75) is 24.5 Å². The molecule has 2 aromatic carbocycles. The monoisotopic (exact) mass is 535 g/mol. The number of benzene rings is 2. The molecular weight excluding hydrogens is 502 g/mol. The predicted molar refractivity (Wildman–Crippen MR) is 143 cm³/mol. The number of rotatable bonds is 7. The molecule has 2 saturated heterocycles. The molecule has 0 unspecified atom stereocenters. The lowest BCUT2D eigenvalue weighted by Crippen LogP contribution is -2.55. The van der Waals surface area contributed by atoms with Crippen LogP contribution in [-0.2, 0) is 4.74 Å². The zero-order chi connectivity index (χ0) is 27.0. The van der Waals surface area contributed by atoms with Crippen LogP contribution in [0.15, 0.2) is 48.7 Å². The molecular formula is C29H33N3O7. The number of nitrogens with zero attached hydrogens (tertiary/aromatic N) is 3. The largest absolute Gasteiger partial charge is 0.497 e. The van der Waals surface area contributed by atoms with Gasteiger partial charge in [-0.15, -0.1) is 0 Å². The number of aliphatic hydroxyl groups excluding tert-OH is 2. The van der Waals surface area contributed by atoms with Gasteiger partial charge in [-0.2, -0.15) is 0 Å². The summed E-state index contributed by atoms with van der Waals surface area (Å²) in [7, 11) is 1.61. The van der Waals surface area contributed by atoms with Crippen LogP contribution in [0.2, 0.25) is 0 Å². The van der Waals surface area contributed by atoms with Gasteiger partial charge in [0.05, 0.1) is 31.0 Å². The summed E-state index contributed by atoms with van der Waals surface area (Å²) >= 11 is 0. The molecule has 3 aliphatic heterocycles. The minimum Gasteiger partial charge on any atom is -0.497 e. The number of hydrogen-bond acceptors (Lipinski definition) is 9. The average molecular weight is 536 g/mol. The molecule has 0 saturated carbocycles. The Balaban J connectivity index is 1.18. The van der Waals surface area contributed by atoms with Crippen LogP contribution in [0.5, 0.6) is 17.2 Å². The number of methoxy groups -OCH3 is 1. The van der Waals surface area contributed by atoms with Crippen LogP contribution in [-0.4, -0.2) is 84.9 Å². The Morgan fingerprint density at radius 2 is 2.00 bits per heavy atom. The van der Waals surface area contributed by atoms with Gasteiger partial charge >= 0.3 is 6.09 Å². The lowest BCUT2D eigenvalue weighted by Gasteiger charge is -2.44. The van der Waals surface area contributed by atoms with Crippen molar-refractivity contribution in [3.05, 3.63) is 54.2 Å². The molecule has 3 aromatic rings. The number of likely N-dealkylation sites (tertiary alicyclic amines) is 1. The van der Waals surface area contributed by atoms with Gasteiger partial charge in [0, 0.05) is 56.2 Å². The normalized spacial score (nSPS) is 23.7. The van der Waals surface area contributed by atoms with Crippen molar-refractivity contribution < 1.29 is 34.0 Å². The van der Waals surface area contributed by atoms with E-state index in [4.69, 9.17) is 18.9 Å². The van der Waals surface area contributed by atoms with Crippen molar-refractivity contribution >= 4 is 22.7 Å². The average Bonchev–Trinajstić information content (AvgIpc) is 3.30. The van der Waals surface area contributed by atoms with Gasteiger partial charge in [-0.1, -0.05) is 0 Å². The van der Waals surface area contributed by atoms with Crippen molar-refractivity contribution in [3.8, 4) is 17.2 Å². The van der Waals surface area contributed by atoms with Crippen LogP contribution < -0.4 is 19.1 Å². The number of fused-ring (bicyclic) bond motifs is 2. The predicted octanol–water partition coefficient (Wildman–Crippen LogP) is 3.15. The van der Waals surface area contributed by atoms with Gasteiger partial charge in [0.2, 0.25) is 0 Å². The maximum atomic E-state index is 13.1. The lowest BCUT2D eigenvalue weighted by molar-refractivity contribution is -0.0622. The number of aromatic nitrogens is 1. The molecule has 10 heteroatoms. The van der Waals surface area contributed by atoms with E-state index in [0.717, 1.165) is 16.5 Å². The Hall–Kier alpha value is -3.60. The first-order valence-electron chi connectivity index (χ1n) is 13.3. The molecule has 0 bridgehead atoms. The number of carbonyl (C=O) groups is 1. The van der Waals surface area contributed by atoms with Gasteiger partial charge in [-0.05, 0) is 48.4 Å². The molecule has 39 heavy (non-hydrogen) atoms. The van der Waals surface area contributed by atoms with E-state index in [2.05, 4.69) is 9.88 Å². The van der Waals surface area contributed by atoms with Crippen LogP contribution in [0.25, 0.3) is 10.9 Å². The van der Waals surface area contributed by atoms with E-state index < -0.39 is 17.8 Å². The summed E-state index contributed by atoms with van der Waals surface area (Å²) < 4.78 is 22.8. The molecule has 4 heterocycles. The van der Waals surface area contributed by atoms with Crippen LogP contribution in [0.1, 0.15) is 24.5 Å². The number of hydrogen-bond donors (Lipinski definition) is 2. The smallest absolute Gasteiger partial charge is 0.415 e. The second-order valence-corrected chi connectivity index (χ2v) is 10.4. The first-order valence-corrected chi connectivity index (χ1v) is 13.3. The molecule has 2 fully saturated rings. The van der Waals surface area contributed by atoms with E-state index in [1.807, 2.05) is 42.5 Å². The maximum absolute atomic E-state index is 13.1. The van der Waals surface area contributed by atoms with E-state index in [-0.39, 0.29) is 12.5 Å². The second kappa shape index (κ2) is 10.5. The van der Waals surface area contributed by atoms with Gasteiger partial charge in [-0.3, -0.25) is 14.8 Å². The Labute approximate surface area is 226 Å². The Bertz CT molecular complexity index is 1370. The molecule has 10 nitrogen and oxygen atoms in total. The van der Waals surface area contributed by atoms with Gasteiger partial charge in [0.1, 0.15) is 24.6 Å². The molecule has 1 spiro atoms. The van der Waals surface area contributed by atoms with E-state index in [0.29, 0.717) is 75.2 Å².